The first-order chi connectivity index (χ1) is 12.4. The molecule has 2 aliphatic rings. The molecule has 0 radical (unpaired) electrons. The van der Waals surface area contributed by atoms with Crippen LogP contribution in [0.15, 0.2) is 0 Å². The van der Waals surface area contributed by atoms with Crippen LogP contribution in [0.4, 0.5) is 0 Å². The average molecular weight is 430 g/mol. The van der Waals surface area contributed by atoms with Crippen LogP contribution < -0.4 is 0 Å². The highest BCUT2D eigenvalue weighted by Crippen LogP contribution is 2.51. The van der Waals surface area contributed by atoms with Crippen molar-refractivity contribution in [1.82, 2.24) is 0 Å². The van der Waals surface area contributed by atoms with Gasteiger partial charge < -0.3 is 24.0 Å². The van der Waals surface area contributed by atoms with Gasteiger partial charge in [0, 0.05) is 7.11 Å². The van der Waals surface area contributed by atoms with E-state index in [-0.39, 0.29) is 25.3 Å². The molecule has 2 N–H and O–H groups in total. The van der Waals surface area contributed by atoms with Crippen molar-refractivity contribution in [2.75, 3.05) is 20.3 Å². The quantitative estimate of drug-likeness (QED) is 0.336. The van der Waals surface area contributed by atoms with Crippen molar-refractivity contribution in [3.8, 4) is 0 Å². The second kappa shape index (κ2) is 9.36. The third kappa shape index (κ3) is 6.62. The van der Waals surface area contributed by atoms with E-state index < -0.39 is 46.1 Å². The summed E-state index contributed by atoms with van der Waals surface area (Å²) in [5.74, 6) is 0. The molecule has 6 unspecified atom stereocenters. The number of rotatable bonds is 9. The monoisotopic (exact) mass is 430 g/mol. The highest BCUT2D eigenvalue weighted by Gasteiger charge is 2.47. The molecule has 0 spiro atoms. The molecule has 27 heavy (non-hydrogen) atoms. The van der Waals surface area contributed by atoms with Gasteiger partial charge in [-0.3, -0.25) is 18.1 Å². The van der Waals surface area contributed by atoms with Crippen molar-refractivity contribution in [3.63, 3.8) is 0 Å². The van der Waals surface area contributed by atoms with Gasteiger partial charge in [-0.15, -0.1) is 0 Å². The minimum absolute atomic E-state index is 0.0681. The molecule has 0 bridgehead atoms. The van der Waals surface area contributed by atoms with E-state index in [0.717, 1.165) is 7.11 Å². The molecule has 15 heteroatoms. The third-order valence-electron chi connectivity index (χ3n) is 4.16. The van der Waals surface area contributed by atoms with Crippen molar-refractivity contribution >= 4 is 31.3 Å². The van der Waals surface area contributed by atoms with Gasteiger partial charge >= 0.3 is 15.6 Å². The molecule has 0 aliphatic carbocycles. The van der Waals surface area contributed by atoms with Crippen molar-refractivity contribution in [2.24, 2.45) is 0 Å². The van der Waals surface area contributed by atoms with E-state index in [1.165, 1.54) is 0 Å². The maximum absolute atomic E-state index is 12.5. The minimum atomic E-state index is -4.58. The van der Waals surface area contributed by atoms with Gasteiger partial charge in [0.2, 0.25) is 0 Å². The number of hydrogen-bond acceptors (Lipinski definition) is 9. The molecular formula is C12H26B2O11P2. The Kier molecular flexibility index (Phi) is 8.15. The lowest BCUT2D eigenvalue weighted by atomic mass is 9.93. The van der Waals surface area contributed by atoms with Gasteiger partial charge in [-0.25, -0.2) is 9.13 Å². The smallest absolute Gasteiger partial charge is 0.382 e. The Labute approximate surface area is 160 Å². The van der Waals surface area contributed by atoms with E-state index in [2.05, 4.69) is 4.52 Å². The summed E-state index contributed by atoms with van der Waals surface area (Å²) in [6.45, 7) is 3.63. The molecule has 2 saturated heterocycles. The van der Waals surface area contributed by atoms with Crippen LogP contribution in [0.1, 0.15) is 13.8 Å². The maximum Gasteiger partial charge on any atom is 0.473 e. The largest absolute Gasteiger partial charge is 0.473 e. The summed E-state index contributed by atoms with van der Waals surface area (Å²) in [6.07, 6.45) is -3.66. The SMILES string of the molecule is B[C@@H]1OCC(OP(=O)(O)OC2C(OP(=O)(O)OC)CO[C@H]2B)C1OC(C)C. The summed E-state index contributed by atoms with van der Waals surface area (Å²) >= 11 is 0. The highest BCUT2D eigenvalue weighted by atomic mass is 31.2. The van der Waals surface area contributed by atoms with Gasteiger partial charge in [-0.2, -0.15) is 0 Å². The number of phosphoric acid groups is 2. The Bertz CT molecular complexity index is 594. The van der Waals surface area contributed by atoms with Crippen molar-refractivity contribution in [3.05, 3.63) is 0 Å². The number of hydrogen-bond donors (Lipinski definition) is 2. The van der Waals surface area contributed by atoms with Gasteiger partial charge in [-0.1, -0.05) is 0 Å². The van der Waals surface area contributed by atoms with E-state index in [1.807, 2.05) is 13.8 Å². The average Bonchev–Trinajstić information content (AvgIpc) is 3.04. The Hall–Kier alpha value is 0.230. The van der Waals surface area contributed by atoms with Crippen molar-refractivity contribution in [1.29, 1.82) is 0 Å². The van der Waals surface area contributed by atoms with Crippen LogP contribution in [-0.4, -0.2) is 88.3 Å². The zero-order chi connectivity index (χ0) is 20.4. The molecule has 11 nitrogen and oxygen atoms in total. The third-order valence-corrected chi connectivity index (χ3v) is 6.20. The van der Waals surface area contributed by atoms with Crippen molar-refractivity contribution in [2.45, 2.75) is 56.4 Å². The summed E-state index contributed by atoms with van der Waals surface area (Å²) < 4.78 is 60.4. The predicted octanol–water partition coefficient (Wildman–Crippen LogP) is -1.24. The first-order valence-corrected chi connectivity index (χ1v) is 11.6. The van der Waals surface area contributed by atoms with Gasteiger partial charge in [0.25, 0.3) is 0 Å². The highest BCUT2D eigenvalue weighted by molar-refractivity contribution is 7.47. The summed E-state index contributed by atoms with van der Waals surface area (Å²) in [7, 11) is -4.54. The lowest BCUT2D eigenvalue weighted by Crippen LogP contribution is -2.38. The van der Waals surface area contributed by atoms with E-state index in [4.69, 9.17) is 27.8 Å². The zero-order valence-corrected chi connectivity index (χ0v) is 17.7. The Morgan fingerprint density at radius 1 is 0.926 bits per heavy atom. The lowest BCUT2D eigenvalue weighted by molar-refractivity contribution is -0.0544. The normalized spacial score (nSPS) is 38.7. The molecule has 0 aromatic rings. The molecular weight excluding hydrogens is 404 g/mol. The molecule has 0 aromatic carbocycles. The fourth-order valence-electron chi connectivity index (χ4n) is 2.89. The minimum Gasteiger partial charge on any atom is -0.382 e. The molecule has 2 rings (SSSR count). The van der Waals surface area contributed by atoms with Crippen LogP contribution in [0.25, 0.3) is 0 Å². The molecule has 2 aliphatic heterocycles. The van der Waals surface area contributed by atoms with Gasteiger partial charge in [0.1, 0.15) is 40.1 Å². The Morgan fingerprint density at radius 3 is 1.93 bits per heavy atom. The molecule has 0 amide bonds. The van der Waals surface area contributed by atoms with Crippen LogP contribution in [0, 0.1) is 0 Å². The Balaban J connectivity index is 2.03. The standard InChI is InChI=1S/C12H26B2O11P2/c1-6(2)22-9-7(4-20-11(9)13)24-27(17,18)25-10-8(5-21-12(10)14)23-26(15,16)19-3/h6-12H,4-5,13-14H2,1-3H3,(H,15,16)(H,17,18)/t7?,8?,9?,10?,11-,12-/m1/s1. The fourth-order valence-corrected chi connectivity index (χ4v) is 4.68. The molecule has 8 atom stereocenters. The van der Waals surface area contributed by atoms with Gasteiger partial charge in [0.15, 0.2) is 0 Å². The predicted molar refractivity (Wildman–Crippen MR) is 97.9 cm³/mol. The number of phosphoric ester groups is 2. The molecule has 0 saturated carbocycles. The van der Waals surface area contributed by atoms with E-state index in [0.29, 0.717) is 0 Å². The van der Waals surface area contributed by atoms with E-state index in [1.54, 1.807) is 15.7 Å². The molecule has 156 valence electrons. The van der Waals surface area contributed by atoms with Gasteiger partial charge in [-0.05, 0) is 13.8 Å². The number of ether oxygens (including phenoxy) is 3. The molecule has 2 heterocycles. The second-order valence-electron chi connectivity index (χ2n) is 6.70. The summed E-state index contributed by atoms with van der Waals surface area (Å²) in [5.41, 5.74) is 0. The van der Waals surface area contributed by atoms with Crippen molar-refractivity contribution < 1.29 is 51.2 Å². The van der Waals surface area contributed by atoms with Crippen LogP contribution >= 0.6 is 15.6 Å². The van der Waals surface area contributed by atoms with E-state index >= 15 is 0 Å². The summed E-state index contributed by atoms with van der Waals surface area (Å²) in [6, 6.07) is -0.985. The summed E-state index contributed by atoms with van der Waals surface area (Å²) in [4.78, 5) is 19.7. The van der Waals surface area contributed by atoms with E-state index in [9.17, 15) is 18.9 Å². The maximum atomic E-state index is 12.5. The second-order valence-corrected chi connectivity index (χ2v) is 9.58. The first kappa shape index (κ1) is 23.5. The first-order valence-electron chi connectivity index (χ1n) is 8.59. The Morgan fingerprint density at radius 2 is 1.41 bits per heavy atom. The topological polar surface area (TPSA) is 139 Å². The van der Waals surface area contributed by atoms with Crippen LogP contribution in [0.2, 0.25) is 0 Å². The lowest BCUT2D eigenvalue weighted by Gasteiger charge is -2.28. The van der Waals surface area contributed by atoms with Crippen LogP contribution in [0.5, 0.6) is 0 Å². The van der Waals surface area contributed by atoms with Crippen LogP contribution in [0.3, 0.4) is 0 Å². The summed E-state index contributed by atoms with van der Waals surface area (Å²) in [5, 5.41) is 0. The zero-order valence-electron chi connectivity index (χ0n) is 15.9. The van der Waals surface area contributed by atoms with Crippen LogP contribution in [-0.2, 0) is 41.4 Å². The fraction of sp³-hybridized carbons (Fsp3) is 1.00. The molecule has 0 aromatic heterocycles. The molecule has 2 fully saturated rings. The van der Waals surface area contributed by atoms with Gasteiger partial charge in [0.05, 0.1) is 31.3 Å².